The first-order valence-corrected chi connectivity index (χ1v) is 9.06. The van der Waals surface area contributed by atoms with Crippen molar-refractivity contribution >= 4 is 15.9 Å². The summed E-state index contributed by atoms with van der Waals surface area (Å²) < 4.78 is 1.22. The van der Waals surface area contributed by atoms with E-state index in [0.29, 0.717) is 0 Å². The molecule has 3 unspecified atom stereocenters. The van der Waals surface area contributed by atoms with Gasteiger partial charge in [0.25, 0.3) is 0 Å². The summed E-state index contributed by atoms with van der Waals surface area (Å²) in [6.45, 7) is 1.29. The molecule has 1 aromatic rings. The molecule has 0 amide bonds. The van der Waals surface area contributed by atoms with Crippen LogP contribution in [0, 0.1) is 17.8 Å². The lowest BCUT2D eigenvalue weighted by Crippen LogP contribution is -2.42. The van der Waals surface area contributed by atoms with Gasteiger partial charge in [0.1, 0.15) is 0 Å². The minimum absolute atomic E-state index is 0.776. The second-order valence-corrected chi connectivity index (χ2v) is 8.18. The van der Waals surface area contributed by atoms with E-state index in [2.05, 4.69) is 45.5 Å². The molecule has 1 nitrogen and oxygen atoms in total. The van der Waals surface area contributed by atoms with Crippen molar-refractivity contribution in [3.63, 3.8) is 0 Å². The molecular formula is C18H24BrN. The van der Waals surface area contributed by atoms with Gasteiger partial charge in [-0.25, -0.2) is 0 Å². The number of rotatable bonds is 4. The standard InChI is InChI=1S/C18H24BrN/c19-17-3-1-2-13(8-17)15-9-18(10-15)20-11-16-7-12-4-5-14(16)6-12/h1-3,8,12,14-16,18,20H,4-7,9-11H2. The molecule has 3 aliphatic rings. The molecule has 0 heterocycles. The fourth-order valence-corrected chi connectivity index (χ4v) is 5.18. The molecule has 1 N–H and O–H groups in total. The molecule has 20 heavy (non-hydrogen) atoms. The summed E-state index contributed by atoms with van der Waals surface area (Å²) in [6.07, 6.45) is 8.75. The zero-order valence-electron chi connectivity index (χ0n) is 12.0. The Bertz CT molecular complexity index is 480. The molecule has 0 saturated heterocycles. The van der Waals surface area contributed by atoms with Crippen LogP contribution in [0.4, 0.5) is 0 Å². The quantitative estimate of drug-likeness (QED) is 0.840. The monoisotopic (exact) mass is 333 g/mol. The molecule has 3 atom stereocenters. The second kappa shape index (κ2) is 5.46. The highest BCUT2D eigenvalue weighted by Gasteiger charge is 2.40. The van der Waals surface area contributed by atoms with Gasteiger partial charge in [-0.15, -0.1) is 0 Å². The lowest BCUT2D eigenvalue weighted by Gasteiger charge is -2.38. The van der Waals surface area contributed by atoms with Gasteiger partial charge in [0.2, 0.25) is 0 Å². The number of benzene rings is 1. The van der Waals surface area contributed by atoms with Crippen LogP contribution in [0.1, 0.15) is 50.0 Å². The van der Waals surface area contributed by atoms with Crippen molar-refractivity contribution in [2.45, 2.75) is 50.5 Å². The maximum atomic E-state index is 3.85. The van der Waals surface area contributed by atoms with Crippen molar-refractivity contribution in [3.8, 4) is 0 Å². The Kier molecular flexibility index (Phi) is 3.64. The van der Waals surface area contributed by atoms with Crippen LogP contribution in [0.3, 0.4) is 0 Å². The van der Waals surface area contributed by atoms with E-state index >= 15 is 0 Å². The van der Waals surface area contributed by atoms with Crippen LogP contribution in [0.25, 0.3) is 0 Å². The lowest BCUT2D eigenvalue weighted by atomic mass is 9.75. The van der Waals surface area contributed by atoms with Gasteiger partial charge in [-0.3, -0.25) is 0 Å². The van der Waals surface area contributed by atoms with Crippen LogP contribution >= 0.6 is 15.9 Å². The Morgan fingerprint density at radius 2 is 2.00 bits per heavy atom. The van der Waals surface area contributed by atoms with E-state index in [1.807, 2.05) is 0 Å². The van der Waals surface area contributed by atoms with Crippen LogP contribution in [0.15, 0.2) is 28.7 Å². The zero-order valence-corrected chi connectivity index (χ0v) is 13.6. The molecule has 108 valence electrons. The van der Waals surface area contributed by atoms with Gasteiger partial charge in [-0.1, -0.05) is 34.5 Å². The van der Waals surface area contributed by atoms with Gasteiger partial charge in [-0.2, -0.15) is 0 Å². The van der Waals surface area contributed by atoms with Crippen molar-refractivity contribution in [3.05, 3.63) is 34.3 Å². The molecule has 0 aliphatic heterocycles. The van der Waals surface area contributed by atoms with Crippen molar-refractivity contribution in [1.29, 1.82) is 0 Å². The molecule has 2 heteroatoms. The molecule has 1 aromatic carbocycles. The van der Waals surface area contributed by atoms with Crippen LogP contribution in [-0.2, 0) is 0 Å². The van der Waals surface area contributed by atoms with Crippen LogP contribution < -0.4 is 5.32 Å². The van der Waals surface area contributed by atoms with E-state index in [4.69, 9.17) is 0 Å². The van der Waals surface area contributed by atoms with Crippen LogP contribution in [-0.4, -0.2) is 12.6 Å². The smallest absolute Gasteiger partial charge is 0.0178 e. The summed E-state index contributed by atoms with van der Waals surface area (Å²) in [5.41, 5.74) is 1.51. The van der Waals surface area contributed by atoms with E-state index in [-0.39, 0.29) is 0 Å². The summed E-state index contributed by atoms with van der Waals surface area (Å²) in [4.78, 5) is 0. The van der Waals surface area contributed by atoms with E-state index in [1.165, 1.54) is 55.1 Å². The minimum atomic E-state index is 0.776. The molecule has 3 aliphatic carbocycles. The Hall–Kier alpha value is -0.340. The first kappa shape index (κ1) is 13.3. The third kappa shape index (κ3) is 2.57. The van der Waals surface area contributed by atoms with Gasteiger partial charge in [-0.05, 0) is 80.0 Å². The number of fused-ring (bicyclic) bond motifs is 2. The van der Waals surface area contributed by atoms with Crippen molar-refractivity contribution in [1.82, 2.24) is 5.32 Å². The normalized spacial score (nSPS) is 39.0. The fraction of sp³-hybridized carbons (Fsp3) is 0.667. The summed E-state index contributed by atoms with van der Waals surface area (Å²) in [6, 6.07) is 9.62. The summed E-state index contributed by atoms with van der Waals surface area (Å²) in [7, 11) is 0. The molecule has 3 fully saturated rings. The largest absolute Gasteiger partial charge is 0.314 e. The minimum Gasteiger partial charge on any atom is -0.314 e. The highest BCUT2D eigenvalue weighted by atomic mass is 79.9. The third-order valence-electron chi connectivity index (χ3n) is 6.01. The first-order chi connectivity index (χ1) is 9.78. The molecule has 0 spiro atoms. The highest BCUT2D eigenvalue weighted by Crippen LogP contribution is 2.48. The summed E-state index contributed by atoms with van der Waals surface area (Å²) >= 11 is 3.58. The number of hydrogen-bond acceptors (Lipinski definition) is 1. The summed E-state index contributed by atoms with van der Waals surface area (Å²) in [5, 5.41) is 3.85. The Morgan fingerprint density at radius 3 is 2.70 bits per heavy atom. The molecule has 2 bridgehead atoms. The van der Waals surface area contributed by atoms with Gasteiger partial charge in [0.05, 0.1) is 0 Å². The highest BCUT2D eigenvalue weighted by molar-refractivity contribution is 9.10. The van der Waals surface area contributed by atoms with E-state index in [9.17, 15) is 0 Å². The topological polar surface area (TPSA) is 12.0 Å². The zero-order chi connectivity index (χ0) is 13.5. The molecular weight excluding hydrogens is 310 g/mol. The van der Waals surface area contributed by atoms with Gasteiger partial charge in [0.15, 0.2) is 0 Å². The van der Waals surface area contributed by atoms with Crippen LogP contribution in [0.2, 0.25) is 0 Å². The molecule has 4 rings (SSSR count). The number of nitrogens with one attached hydrogen (secondary N) is 1. The van der Waals surface area contributed by atoms with Gasteiger partial charge in [0, 0.05) is 10.5 Å². The Morgan fingerprint density at radius 1 is 1.10 bits per heavy atom. The predicted molar refractivity (Wildman–Crippen MR) is 86.8 cm³/mol. The van der Waals surface area contributed by atoms with Gasteiger partial charge >= 0.3 is 0 Å². The average molecular weight is 334 g/mol. The third-order valence-corrected chi connectivity index (χ3v) is 6.50. The first-order valence-electron chi connectivity index (χ1n) is 8.27. The number of halogens is 1. The molecule has 0 aromatic heterocycles. The predicted octanol–water partition coefficient (Wildman–Crippen LogP) is 4.72. The maximum Gasteiger partial charge on any atom is 0.0178 e. The van der Waals surface area contributed by atoms with Gasteiger partial charge < -0.3 is 5.32 Å². The average Bonchev–Trinajstić information content (AvgIpc) is 2.99. The Labute approximate surface area is 130 Å². The molecule has 0 radical (unpaired) electrons. The fourth-order valence-electron chi connectivity index (χ4n) is 4.76. The van der Waals surface area contributed by atoms with E-state index in [0.717, 1.165) is 29.7 Å². The van der Waals surface area contributed by atoms with E-state index in [1.54, 1.807) is 0 Å². The number of hydrogen-bond donors (Lipinski definition) is 1. The van der Waals surface area contributed by atoms with Crippen LogP contribution in [0.5, 0.6) is 0 Å². The summed E-state index contributed by atoms with van der Waals surface area (Å²) in [5.74, 6) is 3.93. The van der Waals surface area contributed by atoms with E-state index < -0.39 is 0 Å². The second-order valence-electron chi connectivity index (χ2n) is 7.26. The lowest BCUT2D eigenvalue weighted by molar-refractivity contribution is 0.247. The SMILES string of the molecule is Brc1cccc(C2CC(NCC3CC4CCC3C4)C2)c1. The maximum absolute atomic E-state index is 3.85. The van der Waals surface area contributed by atoms with Crippen molar-refractivity contribution in [2.24, 2.45) is 17.8 Å². The van der Waals surface area contributed by atoms with Crippen molar-refractivity contribution < 1.29 is 0 Å². The Balaban J connectivity index is 1.24. The van der Waals surface area contributed by atoms with Crippen molar-refractivity contribution in [2.75, 3.05) is 6.54 Å². The molecule has 3 saturated carbocycles.